The Hall–Kier alpha value is -7.24. The van der Waals surface area contributed by atoms with Crippen LogP contribution >= 0.6 is 0 Å². The number of carbonyl (C=O) groups is 1. The van der Waals surface area contributed by atoms with Crippen molar-refractivity contribution in [3.8, 4) is 0 Å². The van der Waals surface area contributed by atoms with Gasteiger partial charge in [0.2, 0.25) is 0 Å². The minimum Gasteiger partial charge on any atom is -0.454 e. The number of carbonyl (C=O) groups excluding carboxylic acids is 1. The first-order chi connectivity index (χ1) is 44.3. The molecule has 7 aromatic rings. The average molecular weight is 1230 g/mol. The van der Waals surface area contributed by atoms with Crippen LogP contribution in [0.15, 0.2) is 217 Å². The molecule has 19 nitrogen and oxygen atoms in total. The molecule has 0 amide bonds. The molecule has 0 bridgehead atoms. The van der Waals surface area contributed by atoms with Gasteiger partial charge in [-0.3, -0.25) is 4.79 Å². The molecule has 19 heteroatoms. The summed E-state index contributed by atoms with van der Waals surface area (Å²) in [6, 6.07) is 68.6. The first-order valence-electron chi connectivity index (χ1n) is 30.6. The normalized spacial score (nSPS) is 28.2. The van der Waals surface area contributed by atoms with Crippen LogP contribution in [0.3, 0.4) is 0 Å². The van der Waals surface area contributed by atoms with Crippen LogP contribution in [0.2, 0.25) is 0 Å². The molecule has 0 spiro atoms. The zero-order valence-corrected chi connectivity index (χ0v) is 50.4. The molecule has 4 fully saturated rings. The second-order valence-electron chi connectivity index (χ2n) is 22.4. The van der Waals surface area contributed by atoms with Gasteiger partial charge in [0.25, 0.3) is 0 Å². The summed E-state index contributed by atoms with van der Waals surface area (Å²) in [4.78, 5) is 16.4. The molecule has 4 saturated heterocycles. The minimum absolute atomic E-state index is 0.0127. The number of nitrogens with zero attached hydrogens (tertiary/aromatic N) is 3. The van der Waals surface area contributed by atoms with Crippen molar-refractivity contribution in [3.63, 3.8) is 0 Å². The number of ether oxygens (including phenoxy) is 15. The summed E-state index contributed by atoms with van der Waals surface area (Å²) >= 11 is 0. The molecule has 4 aliphatic rings. The summed E-state index contributed by atoms with van der Waals surface area (Å²) in [6.45, 7) is 4.12. The van der Waals surface area contributed by atoms with Crippen molar-refractivity contribution >= 4 is 5.97 Å². The summed E-state index contributed by atoms with van der Waals surface area (Å²) in [6.07, 6.45) is -16.7. The highest BCUT2D eigenvalue weighted by Gasteiger charge is 2.59. The number of hydrogen-bond donors (Lipinski definition) is 0. The Labute approximate surface area is 524 Å². The van der Waals surface area contributed by atoms with E-state index < -0.39 is 104 Å². The fourth-order valence-corrected chi connectivity index (χ4v) is 11.5. The second-order valence-corrected chi connectivity index (χ2v) is 22.4. The van der Waals surface area contributed by atoms with Crippen LogP contribution in [0.1, 0.15) is 59.1 Å². The molecule has 0 radical (unpaired) electrons. The topological polar surface area (TPSA) is 204 Å². The van der Waals surface area contributed by atoms with Crippen molar-refractivity contribution in [2.45, 2.75) is 152 Å². The monoisotopic (exact) mass is 1230 g/mol. The van der Waals surface area contributed by atoms with Gasteiger partial charge in [-0.2, -0.15) is 0 Å². The van der Waals surface area contributed by atoms with Crippen LogP contribution in [-0.4, -0.2) is 124 Å². The van der Waals surface area contributed by atoms with Gasteiger partial charge in [0.05, 0.1) is 65.6 Å². The molecule has 7 aromatic carbocycles. The number of azide groups is 1. The Bertz CT molecular complexity index is 3260. The van der Waals surface area contributed by atoms with E-state index in [1.807, 2.05) is 219 Å². The van der Waals surface area contributed by atoms with E-state index in [0.717, 1.165) is 38.9 Å². The lowest BCUT2D eigenvalue weighted by molar-refractivity contribution is -0.411. The SMILES string of the molecule is CC(=O)O[C@H]1[C@H](OCCN=[N+]=[N-])O[C@@H]2COC(c3ccccc3)O[C@H]2[C@@H]1O[C@@H]1O[C@H](COCc2ccccc2)[C@H](OCc2ccccc2)[C@H](OCc2ccccc2)[C@H]1O[C@@H]1O[C@@H](C)[C@H](OCc2ccccc2)[C@@H](OCc2ccccc2)[C@H]1OCc1ccccc1. The smallest absolute Gasteiger partial charge is 0.303 e. The highest BCUT2D eigenvalue weighted by atomic mass is 16.8. The van der Waals surface area contributed by atoms with E-state index in [9.17, 15) is 10.3 Å². The van der Waals surface area contributed by atoms with E-state index in [0.29, 0.717) is 0 Å². The molecule has 90 heavy (non-hydrogen) atoms. The first kappa shape index (κ1) is 64.3. The van der Waals surface area contributed by atoms with E-state index >= 15 is 0 Å². The highest BCUT2D eigenvalue weighted by Crippen LogP contribution is 2.42. The number of rotatable bonds is 29. The molecular formula is C71H77N3O16. The zero-order valence-electron chi connectivity index (χ0n) is 50.4. The fraction of sp³-hybridized carbons (Fsp3) is 0.394. The van der Waals surface area contributed by atoms with E-state index in [2.05, 4.69) is 10.0 Å². The van der Waals surface area contributed by atoms with Crippen molar-refractivity contribution in [2.75, 3.05) is 26.4 Å². The highest BCUT2D eigenvalue weighted by molar-refractivity contribution is 5.66. The van der Waals surface area contributed by atoms with Crippen molar-refractivity contribution in [1.29, 1.82) is 0 Å². The van der Waals surface area contributed by atoms with Crippen molar-refractivity contribution in [3.05, 3.63) is 262 Å². The Morgan fingerprint density at radius 2 is 0.900 bits per heavy atom. The van der Waals surface area contributed by atoms with Gasteiger partial charge in [0.15, 0.2) is 31.3 Å². The second kappa shape index (κ2) is 33.2. The van der Waals surface area contributed by atoms with Crippen LogP contribution < -0.4 is 0 Å². The van der Waals surface area contributed by atoms with Gasteiger partial charge >= 0.3 is 5.97 Å². The molecule has 4 aliphatic heterocycles. The number of hydrogen-bond acceptors (Lipinski definition) is 17. The molecule has 4 heterocycles. The quantitative estimate of drug-likeness (QED) is 0.0141. The van der Waals surface area contributed by atoms with Crippen LogP contribution in [0.25, 0.3) is 10.4 Å². The third kappa shape index (κ3) is 17.6. The Morgan fingerprint density at radius 1 is 0.467 bits per heavy atom. The number of fused-ring (bicyclic) bond motifs is 1. The predicted molar refractivity (Wildman–Crippen MR) is 328 cm³/mol. The molecular weight excluding hydrogens is 1150 g/mol. The van der Waals surface area contributed by atoms with Crippen LogP contribution in [-0.2, 0) is 115 Å². The molecule has 0 aromatic heterocycles. The molecule has 16 atom stereocenters. The lowest BCUT2D eigenvalue weighted by atomic mass is 9.94. The van der Waals surface area contributed by atoms with Gasteiger partial charge in [-0.25, -0.2) is 0 Å². The maximum absolute atomic E-state index is 13.5. The van der Waals surface area contributed by atoms with E-state index in [-0.39, 0.29) is 66.0 Å². The van der Waals surface area contributed by atoms with Gasteiger partial charge in [-0.1, -0.05) is 217 Å². The lowest BCUT2D eigenvalue weighted by Gasteiger charge is -2.52. The maximum atomic E-state index is 13.5. The summed E-state index contributed by atoms with van der Waals surface area (Å²) < 4.78 is 104. The average Bonchev–Trinajstić information content (AvgIpc) is 0.818. The van der Waals surface area contributed by atoms with Crippen molar-refractivity contribution in [2.24, 2.45) is 5.11 Å². The Morgan fingerprint density at radius 3 is 1.40 bits per heavy atom. The maximum Gasteiger partial charge on any atom is 0.303 e. The van der Waals surface area contributed by atoms with Gasteiger partial charge < -0.3 is 71.1 Å². The third-order valence-corrected chi connectivity index (χ3v) is 15.9. The van der Waals surface area contributed by atoms with Gasteiger partial charge in [-0.15, -0.1) is 0 Å². The summed E-state index contributed by atoms with van der Waals surface area (Å²) in [5.74, 6) is -0.664. The van der Waals surface area contributed by atoms with E-state index in [1.54, 1.807) is 0 Å². The van der Waals surface area contributed by atoms with Crippen LogP contribution in [0.5, 0.6) is 0 Å². The number of benzene rings is 7. The van der Waals surface area contributed by atoms with Gasteiger partial charge in [0.1, 0.15) is 61.0 Å². The fourth-order valence-electron chi connectivity index (χ4n) is 11.5. The lowest BCUT2D eigenvalue weighted by Crippen LogP contribution is -2.69. The summed E-state index contributed by atoms with van der Waals surface area (Å²) in [5, 5.41) is 3.69. The van der Waals surface area contributed by atoms with Crippen LogP contribution in [0, 0.1) is 0 Å². The zero-order chi connectivity index (χ0) is 61.7. The van der Waals surface area contributed by atoms with Gasteiger partial charge in [0, 0.05) is 23.9 Å². The largest absolute Gasteiger partial charge is 0.454 e. The molecule has 11 rings (SSSR count). The first-order valence-corrected chi connectivity index (χ1v) is 30.6. The Kier molecular flexibility index (Phi) is 23.7. The minimum atomic E-state index is -1.45. The number of esters is 1. The molecule has 0 saturated carbocycles. The Balaban J connectivity index is 1.04. The standard InChI is InChI=1S/C71H77N3O16/c1-48-59(78-41-51-26-12-4-13-27-51)62(80-43-53-30-16-6-17-31-53)65(82-45-55-34-20-8-21-35-55)70(84-48)90-66-63(81-44-54-32-18-7-19-33-54)60(79-42-52-28-14-5-15-29-52)57(46-76-40-50-24-10-3-11-25-50)87-71(66)89-64-61-58(47-83-68(88-61)56-36-22-9-23-37-56)86-69(67(64)85-49(2)75)77-39-38-73-74-72/h3-37,48,57-71H,38-47H2,1-2H3/t48-,57+,58+,59-,60-,61+,62+,63-,64-,65+,66+,67+,68?,69+,70-,71-/m0/s1. The van der Waals surface area contributed by atoms with E-state index in [1.165, 1.54) is 6.92 Å². The summed E-state index contributed by atoms with van der Waals surface area (Å²) in [5.41, 5.74) is 15.4. The molecule has 0 N–H and O–H groups in total. The third-order valence-electron chi connectivity index (χ3n) is 15.9. The molecule has 0 aliphatic carbocycles. The predicted octanol–water partition coefficient (Wildman–Crippen LogP) is 11.5. The summed E-state index contributed by atoms with van der Waals surface area (Å²) in [7, 11) is 0. The van der Waals surface area contributed by atoms with Crippen LogP contribution in [0.4, 0.5) is 0 Å². The molecule has 1 unspecified atom stereocenters. The van der Waals surface area contributed by atoms with Crippen molar-refractivity contribution < 1.29 is 75.8 Å². The van der Waals surface area contributed by atoms with Crippen molar-refractivity contribution in [1.82, 2.24) is 0 Å². The molecule has 472 valence electrons. The van der Waals surface area contributed by atoms with Gasteiger partial charge in [-0.05, 0) is 45.8 Å². The van der Waals surface area contributed by atoms with E-state index in [4.69, 9.17) is 71.1 Å².